The first-order chi connectivity index (χ1) is 6.16. The van der Waals surface area contributed by atoms with Crippen LogP contribution in [0.4, 0.5) is 0 Å². The Morgan fingerprint density at radius 1 is 1.77 bits per heavy atom. The van der Waals surface area contributed by atoms with E-state index in [0.29, 0.717) is 5.56 Å². The quantitative estimate of drug-likeness (QED) is 0.724. The molecule has 0 aliphatic rings. The van der Waals surface area contributed by atoms with Crippen molar-refractivity contribution < 1.29 is 14.6 Å². The van der Waals surface area contributed by atoms with E-state index >= 15 is 0 Å². The molecule has 1 N–H and O–H groups in total. The van der Waals surface area contributed by atoms with E-state index in [9.17, 15) is 9.90 Å². The van der Waals surface area contributed by atoms with Gasteiger partial charge in [0.05, 0.1) is 12.1 Å². The van der Waals surface area contributed by atoms with Crippen LogP contribution in [0.1, 0.15) is 11.7 Å². The molecule has 0 saturated heterocycles. The molecule has 5 heteroatoms. The van der Waals surface area contributed by atoms with Gasteiger partial charge in [0.15, 0.2) is 6.10 Å². The van der Waals surface area contributed by atoms with E-state index in [1.54, 1.807) is 0 Å². The highest BCUT2D eigenvalue weighted by atomic mass is 35.5. The Hall–Kier alpha value is -1.13. The molecule has 0 radical (unpaired) electrons. The normalized spacial score (nSPS) is 12.2. The summed E-state index contributed by atoms with van der Waals surface area (Å²) in [7, 11) is 1.20. The Balaban J connectivity index is 2.95. The van der Waals surface area contributed by atoms with Crippen LogP contribution in [-0.2, 0) is 9.53 Å². The van der Waals surface area contributed by atoms with Crippen molar-refractivity contribution in [2.24, 2.45) is 0 Å². The third-order valence-electron chi connectivity index (χ3n) is 1.52. The van der Waals surface area contributed by atoms with Gasteiger partial charge in [0.1, 0.15) is 0 Å². The minimum absolute atomic E-state index is 0.236. The maximum Gasteiger partial charge on any atom is 0.339 e. The Bertz CT molecular complexity index is 316. The Kier molecular flexibility index (Phi) is 3.22. The number of aliphatic hydroxyl groups excluding tert-OH is 1. The van der Waals surface area contributed by atoms with Gasteiger partial charge in [-0.2, -0.15) is 0 Å². The molecule has 0 amide bonds. The monoisotopic (exact) mass is 201 g/mol. The van der Waals surface area contributed by atoms with Crippen molar-refractivity contribution in [1.82, 2.24) is 4.98 Å². The zero-order valence-electron chi connectivity index (χ0n) is 6.90. The molecule has 1 atom stereocenters. The summed E-state index contributed by atoms with van der Waals surface area (Å²) in [6.07, 6.45) is 1.44. The minimum atomic E-state index is -1.35. The fraction of sp³-hybridized carbons (Fsp3) is 0.250. The first kappa shape index (κ1) is 9.95. The summed E-state index contributed by atoms with van der Waals surface area (Å²) in [5.41, 5.74) is 0.295. The Morgan fingerprint density at radius 3 is 3.00 bits per heavy atom. The lowest BCUT2D eigenvalue weighted by molar-refractivity contribution is -0.150. The molecule has 0 aromatic carbocycles. The second-order valence-electron chi connectivity index (χ2n) is 2.32. The molecule has 4 nitrogen and oxygen atoms in total. The first-order valence-electron chi connectivity index (χ1n) is 3.52. The van der Waals surface area contributed by atoms with Crippen molar-refractivity contribution >= 4 is 17.6 Å². The van der Waals surface area contributed by atoms with Crippen molar-refractivity contribution in [2.45, 2.75) is 6.10 Å². The van der Waals surface area contributed by atoms with Gasteiger partial charge in [-0.3, -0.25) is 4.98 Å². The fourth-order valence-corrected chi connectivity index (χ4v) is 1.07. The third-order valence-corrected chi connectivity index (χ3v) is 1.84. The molecule has 1 rings (SSSR count). The first-order valence-corrected chi connectivity index (χ1v) is 3.90. The predicted molar refractivity (Wildman–Crippen MR) is 46.2 cm³/mol. The van der Waals surface area contributed by atoms with Gasteiger partial charge in [0.25, 0.3) is 0 Å². The van der Waals surface area contributed by atoms with Crippen LogP contribution in [0.25, 0.3) is 0 Å². The molecule has 70 valence electrons. The number of halogens is 1. The zero-order chi connectivity index (χ0) is 9.84. The van der Waals surface area contributed by atoms with Gasteiger partial charge in [-0.15, -0.1) is 0 Å². The van der Waals surface area contributed by atoms with Gasteiger partial charge in [-0.25, -0.2) is 4.79 Å². The van der Waals surface area contributed by atoms with Crippen LogP contribution in [0.3, 0.4) is 0 Å². The largest absolute Gasteiger partial charge is 0.467 e. The van der Waals surface area contributed by atoms with Crippen molar-refractivity contribution in [3.05, 3.63) is 29.0 Å². The molecule has 13 heavy (non-hydrogen) atoms. The van der Waals surface area contributed by atoms with Gasteiger partial charge in [0, 0.05) is 18.0 Å². The maximum absolute atomic E-state index is 10.9. The van der Waals surface area contributed by atoms with E-state index in [-0.39, 0.29) is 5.02 Å². The number of carbonyl (C=O) groups is 1. The average molecular weight is 202 g/mol. The highest BCUT2D eigenvalue weighted by Gasteiger charge is 2.20. The van der Waals surface area contributed by atoms with Crippen LogP contribution >= 0.6 is 11.6 Å². The minimum Gasteiger partial charge on any atom is -0.467 e. The smallest absolute Gasteiger partial charge is 0.339 e. The number of aromatic nitrogens is 1. The van der Waals surface area contributed by atoms with E-state index in [1.165, 1.54) is 25.6 Å². The molecule has 1 aromatic rings. The highest BCUT2D eigenvalue weighted by molar-refractivity contribution is 6.31. The molecular weight excluding hydrogens is 194 g/mol. The van der Waals surface area contributed by atoms with E-state index < -0.39 is 12.1 Å². The topological polar surface area (TPSA) is 59.4 Å². The van der Waals surface area contributed by atoms with Crippen LogP contribution in [0.15, 0.2) is 18.5 Å². The summed E-state index contributed by atoms with van der Waals surface area (Å²) in [6.45, 7) is 0. The standard InChI is InChI=1S/C8H8ClNO3/c1-13-8(12)7(11)5-2-3-10-4-6(5)9/h2-4,7,11H,1H3. The van der Waals surface area contributed by atoms with E-state index in [4.69, 9.17) is 11.6 Å². The lowest BCUT2D eigenvalue weighted by Gasteiger charge is -2.08. The number of esters is 1. The number of methoxy groups -OCH3 is 1. The molecule has 0 fully saturated rings. The summed E-state index contributed by atoms with van der Waals surface area (Å²) in [6, 6.07) is 1.46. The lowest BCUT2D eigenvalue weighted by atomic mass is 10.1. The molecule has 0 bridgehead atoms. The number of nitrogens with zero attached hydrogens (tertiary/aromatic N) is 1. The van der Waals surface area contributed by atoms with Gasteiger partial charge < -0.3 is 9.84 Å². The fourth-order valence-electron chi connectivity index (χ4n) is 0.846. The summed E-state index contributed by atoms with van der Waals surface area (Å²) in [5.74, 6) is -0.742. The van der Waals surface area contributed by atoms with Gasteiger partial charge in [-0.1, -0.05) is 11.6 Å². The number of carbonyl (C=O) groups excluding carboxylic acids is 1. The van der Waals surface area contributed by atoms with Crippen molar-refractivity contribution in [1.29, 1.82) is 0 Å². The van der Waals surface area contributed by atoms with E-state index in [2.05, 4.69) is 9.72 Å². The molecular formula is C8H8ClNO3. The van der Waals surface area contributed by atoms with Crippen LogP contribution in [0, 0.1) is 0 Å². The molecule has 1 heterocycles. The van der Waals surface area contributed by atoms with Crippen LogP contribution in [-0.4, -0.2) is 23.2 Å². The molecule has 0 spiro atoms. The zero-order valence-corrected chi connectivity index (χ0v) is 7.65. The molecule has 1 aromatic heterocycles. The van der Waals surface area contributed by atoms with Crippen LogP contribution < -0.4 is 0 Å². The molecule has 0 aliphatic heterocycles. The van der Waals surface area contributed by atoms with Crippen LogP contribution in [0.2, 0.25) is 5.02 Å². The van der Waals surface area contributed by atoms with Gasteiger partial charge in [-0.05, 0) is 6.07 Å². The highest BCUT2D eigenvalue weighted by Crippen LogP contribution is 2.21. The number of hydrogen-bond acceptors (Lipinski definition) is 4. The van der Waals surface area contributed by atoms with Gasteiger partial charge >= 0.3 is 5.97 Å². The summed E-state index contributed by atoms with van der Waals surface area (Å²) in [4.78, 5) is 14.6. The third kappa shape index (κ3) is 2.17. The van der Waals surface area contributed by atoms with Crippen molar-refractivity contribution in [2.75, 3.05) is 7.11 Å². The second-order valence-corrected chi connectivity index (χ2v) is 2.73. The average Bonchev–Trinajstić information content (AvgIpc) is 2.16. The SMILES string of the molecule is COC(=O)C(O)c1ccncc1Cl. The number of ether oxygens (including phenoxy) is 1. The number of pyridine rings is 1. The van der Waals surface area contributed by atoms with Crippen molar-refractivity contribution in [3.8, 4) is 0 Å². The lowest BCUT2D eigenvalue weighted by Crippen LogP contribution is -2.13. The van der Waals surface area contributed by atoms with Crippen molar-refractivity contribution in [3.63, 3.8) is 0 Å². The van der Waals surface area contributed by atoms with E-state index in [0.717, 1.165) is 0 Å². The maximum atomic E-state index is 10.9. The second kappa shape index (κ2) is 4.20. The predicted octanol–water partition coefficient (Wildman–Crippen LogP) is 0.941. The van der Waals surface area contributed by atoms with Crippen LogP contribution in [0.5, 0.6) is 0 Å². The molecule has 0 aliphatic carbocycles. The van der Waals surface area contributed by atoms with E-state index in [1.807, 2.05) is 0 Å². The van der Waals surface area contributed by atoms with Gasteiger partial charge in [0.2, 0.25) is 0 Å². The number of hydrogen-bond donors (Lipinski definition) is 1. The summed E-state index contributed by atoms with van der Waals surface area (Å²) in [5, 5.41) is 9.62. The summed E-state index contributed by atoms with van der Waals surface area (Å²) >= 11 is 5.69. The number of rotatable bonds is 2. The Labute approximate surface area is 80.1 Å². The molecule has 1 unspecified atom stereocenters. The Morgan fingerprint density at radius 2 is 2.46 bits per heavy atom. The molecule has 0 saturated carbocycles. The summed E-state index contributed by atoms with van der Waals surface area (Å²) < 4.78 is 4.35. The number of aliphatic hydroxyl groups is 1.